The first-order valence-corrected chi connectivity index (χ1v) is 4.42. The molecule has 0 fully saturated rings. The SMILES string of the molecule is C/C(=C\c1ccco1)CC(N)C(F)(F)F. The highest BCUT2D eigenvalue weighted by atomic mass is 19.4. The molecule has 1 atom stereocenters. The number of furan rings is 1. The van der Waals surface area contributed by atoms with Gasteiger partial charge in [0.1, 0.15) is 11.8 Å². The van der Waals surface area contributed by atoms with Crippen LogP contribution in [-0.4, -0.2) is 12.2 Å². The molecule has 2 N–H and O–H groups in total. The summed E-state index contributed by atoms with van der Waals surface area (Å²) in [5.41, 5.74) is 5.52. The molecule has 0 radical (unpaired) electrons. The van der Waals surface area contributed by atoms with Crippen molar-refractivity contribution in [2.24, 2.45) is 5.73 Å². The molecule has 0 aliphatic carbocycles. The van der Waals surface area contributed by atoms with Gasteiger partial charge in [-0.05, 0) is 31.6 Å². The second-order valence-electron chi connectivity index (χ2n) is 3.36. The molecule has 0 aromatic carbocycles. The van der Waals surface area contributed by atoms with Crippen molar-refractivity contribution in [1.82, 2.24) is 0 Å². The van der Waals surface area contributed by atoms with Gasteiger partial charge in [-0.3, -0.25) is 0 Å². The van der Waals surface area contributed by atoms with Crippen LogP contribution in [0.25, 0.3) is 6.08 Å². The van der Waals surface area contributed by atoms with E-state index in [1.165, 1.54) is 6.26 Å². The molecule has 0 saturated heterocycles. The van der Waals surface area contributed by atoms with Crippen molar-refractivity contribution >= 4 is 6.08 Å². The van der Waals surface area contributed by atoms with E-state index in [0.29, 0.717) is 11.3 Å². The van der Waals surface area contributed by atoms with Crippen molar-refractivity contribution in [2.45, 2.75) is 25.6 Å². The van der Waals surface area contributed by atoms with Gasteiger partial charge in [0.15, 0.2) is 0 Å². The summed E-state index contributed by atoms with van der Waals surface area (Å²) in [6, 6.07) is 1.52. The Hall–Kier alpha value is -1.23. The van der Waals surface area contributed by atoms with Crippen LogP contribution in [0.4, 0.5) is 13.2 Å². The monoisotopic (exact) mass is 219 g/mol. The molecular formula is C10H12F3NO. The molecule has 1 heterocycles. The standard InChI is InChI=1S/C10H12F3NO/c1-7(5-8-3-2-4-15-8)6-9(14)10(11,12)13/h2-5,9H,6,14H2,1H3/b7-5+. The van der Waals surface area contributed by atoms with Crippen molar-refractivity contribution in [3.05, 3.63) is 29.7 Å². The molecule has 1 aromatic rings. The Bertz CT molecular complexity index is 327. The van der Waals surface area contributed by atoms with Crippen molar-refractivity contribution in [2.75, 3.05) is 0 Å². The van der Waals surface area contributed by atoms with Crippen molar-refractivity contribution in [3.63, 3.8) is 0 Å². The van der Waals surface area contributed by atoms with E-state index in [0.717, 1.165) is 0 Å². The molecule has 0 aliphatic rings. The van der Waals surface area contributed by atoms with Gasteiger partial charge in [-0.25, -0.2) is 0 Å². The Morgan fingerprint density at radius 1 is 1.60 bits per heavy atom. The first-order chi connectivity index (χ1) is 6.89. The summed E-state index contributed by atoms with van der Waals surface area (Å²) in [4.78, 5) is 0. The van der Waals surface area contributed by atoms with E-state index < -0.39 is 12.2 Å². The van der Waals surface area contributed by atoms with E-state index in [4.69, 9.17) is 10.2 Å². The molecule has 84 valence electrons. The van der Waals surface area contributed by atoms with Crippen LogP contribution in [0.5, 0.6) is 0 Å². The zero-order valence-corrected chi connectivity index (χ0v) is 8.21. The van der Waals surface area contributed by atoms with Gasteiger partial charge in [0.25, 0.3) is 0 Å². The molecule has 0 bridgehead atoms. The van der Waals surface area contributed by atoms with E-state index in [1.807, 2.05) is 0 Å². The van der Waals surface area contributed by atoms with Gasteiger partial charge >= 0.3 is 6.18 Å². The lowest BCUT2D eigenvalue weighted by molar-refractivity contribution is -0.147. The van der Waals surface area contributed by atoms with E-state index in [2.05, 4.69) is 0 Å². The topological polar surface area (TPSA) is 39.2 Å². The lowest BCUT2D eigenvalue weighted by Crippen LogP contribution is -2.37. The Labute approximate surface area is 85.6 Å². The summed E-state index contributed by atoms with van der Waals surface area (Å²) in [7, 11) is 0. The fourth-order valence-electron chi connectivity index (χ4n) is 1.14. The quantitative estimate of drug-likeness (QED) is 0.848. The predicted octanol–water partition coefficient (Wildman–Crippen LogP) is 2.96. The normalized spacial score (nSPS) is 15.4. The molecular weight excluding hydrogens is 207 g/mol. The smallest absolute Gasteiger partial charge is 0.403 e. The highest BCUT2D eigenvalue weighted by Gasteiger charge is 2.36. The third-order valence-corrected chi connectivity index (χ3v) is 1.89. The largest absolute Gasteiger partial charge is 0.465 e. The lowest BCUT2D eigenvalue weighted by atomic mass is 10.1. The van der Waals surface area contributed by atoms with Crippen LogP contribution in [0, 0.1) is 0 Å². The lowest BCUT2D eigenvalue weighted by Gasteiger charge is -2.15. The second-order valence-corrected chi connectivity index (χ2v) is 3.36. The molecule has 0 amide bonds. The first-order valence-electron chi connectivity index (χ1n) is 4.42. The third-order valence-electron chi connectivity index (χ3n) is 1.89. The number of halogens is 3. The van der Waals surface area contributed by atoms with E-state index in [9.17, 15) is 13.2 Å². The number of nitrogens with two attached hydrogens (primary N) is 1. The van der Waals surface area contributed by atoms with Crippen molar-refractivity contribution in [3.8, 4) is 0 Å². The predicted molar refractivity (Wildman–Crippen MR) is 51.0 cm³/mol. The molecule has 1 rings (SSSR count). The fourth-order valence-corrected chi connectivity index (χ4v) is 1.14. The number of alkyl halides is 3. The summed E-state index contributed by atoms with van der Waals surface area (Å²) in [6.07, 6.45) is -1.56. The summed E-state index contributed by atoms with van der Waals surface area (Å²) >= 11 is 0. The Morgan fingerprint density at radius 3 is 2.73 bits per heavy atom. The average Bonchev–Trinajstić information content (AvgIpc) is 2.54. The number of hydrogen-bond donors (Lipinski definition) is 1. The highest BCUT2D eigenvalue weighted by molar-refractivity contribution is 5.46. The summed E-state index contributed by atoms with van der Waals surface area (Å²) in [5.74, 6) is 0.530. The highest BCUT2D eigenvalue weighted by Crippen LogP contribution is 2.23. The van der Waals surface area contributed by atoms with Gasteiger partial charge < -0.3 is 10.2 Å². The van der Waals surface area contributed by atoms with Crippen LogP contribution >= 0.6 is 0 Å². The van der Waals surface area contributed by atoms with Crippen LogP contribution in [0.1, 0.15) is 19.1 Å². The number of hydrogen-bond acceptors (Lipinski definition) is 2. The van der Waals surface area contributed by atoms with Gasteiger partial charge in [-0.15, -0.1) is 0 Å². The molecule has 1 unspecified atom stereocenters. The second kappa shape index (κ2) is 4.53. The van der Waals surface area contributed by atoms with Crippen LogP contribution in [0.3, 0.4) is 0 Å². The molecule has 0 spiro atoms. The third kappa shape index (κ3) is 3.79. The minimum Gasteiger partial charge on any atom is -0.465 e. The molecule has 0 aliphatic heterocycles. The summed E-state index contributed by atoms with van der Waals surface area (Å²) in [6.45, 7) is 1.59. The van der Waals surface area contributed by atoms with E-state index in [-0.39, 0.29) is 6.42 Å². The van der Waals surface area contributed by atoms with Crippen LogP contribution in [-0.2, 0) is 0 Å². The maximum absolute atomic E-state index is 12.1. The average molecular weight is 219 g/mol. The molecule has 0 saturated carbocycles. The summed E-state index contributed by atoms with van der Waals surface area (Å²) in [5, 5.41) is 0. The molecule has 5 heteroatoms. The zero-order valence-electron chi connectivity index (χ0n) is 8.21. The molecule has 1 aromatic heterocycles. The maximum Gasteiger partial charge on any atom is 0.403 e. The van der Waals surface area contributed by atoms with Crippen LogP contribution in [0.2, 0.25) is 0 Å². The van der Waals surface area contributed by atoms with Gasteiger partial charge in [-0.2, -0.15) is 13.2 Å². The van der Waals surface area contributed by atoms with E-state index >= 15 is 0 Å². The minimum absolute atomic E-state index is 0.218. The Morgan fingerprint density at radius 2 is 2.27 bits per heavy atom. The minimum atomic E-state index is -4.35. The first kappa shape index (κ1) is 11.8. The maximum atomic E-state index is 12.1. The van der Waals surface area contributed by atoms with Gasteiger partial charge in [0.2, 0.25) is 0 Å². The van der Waals surface area contributed by atoms with Crippen molar-refractivity contribution < 1.29 is 17.6 Å². The van der Waals surface area contributed by atoms with Crippen molar-refractivity contribution in [1.29, 1.82) is 0 Å². The van der Waals surface area contributed by atoms with Gasteiger partial charge in [0, 0.05) is 0 Å². The molecule has 15 heavy (non-hydrogen) atoms. The van der Waals surface area contributed by atoms with Crippen LogP contribution < -0.4 is 5.73 Å². The Balaban J connectivity index is 2.60. The van der Waals surface area contributed by atoms with Crippen LogP contribution in [0.15, 0.2) is 28.4 Å². The zero-order chi connectivity index (χ0) is 11.5. The van der Waals surface area contributed by atoms with Gasteiger partial charge in [0.05, 0.1) is 6.26 Å². The number of rotatable bonds is 3. The van der Waals surface area contributed by atoms with Gasteiger partial charge in [-0.1, -0.05) is 5.57 Å². The van der Waals surface area contributed by atoms with E-state index in [1.54, 1.807) is 25.1 Å². The Kier molecular flexibility index (Phi) is 3.57. The molecule has 2 nitrogen and oxygen atoms in total. The fraction of sp³-hybridized carbons (Fsp3) is 0.400. The summed E-state index contributed by atoms with van der Waals surface area (Å²) < 4.78 is 41.3.